The molecular formula is C53H56ClN5O10. The molecular weight excluding hydrogens is 902 g/mol. The number of amides is 2. The van der Waals surface area contributed by atoms with Crippen LogP contribution in [0.3, 0.4) is 0 Å². The van der Waals surface area contributed by atoms with Gasteiger partial charge < -0.3 is 50.5 Å². The van der Waals surface area contributed by atoms with Crippen LogP contribution in [0.15, 0.2) is 126 Å². The Morgan fingerprint density at radius 1 is 0.870 bits per heavy atom. The maximum absolute atomic E-state index is 13.9. The van der Waals surface area contributed by atoms with Gasteiger partial charge in [0.05, 0.1) is 35.9 Å². The molecule has 1 saturated heterocycles. The molecule has 7 N–H and O–H groups in total. The molecule has 0 bridgehead atoms. The molecule has 1 saturated carbocycles. The Morgan fingerprint density at radius 2 is 1.58 bits per heavy atom. The predicted octanol–water partition coefficient (Wildman–Crippen LogP) is 5.87. The molecule has 8 rings (SSSR count). The number of esters is 1. The number of benzene rings is 5. The first kappa shape index (κ1) is 48.7. The summed E-state index contributed by atoms with van der Waals surface area (Å²) in [6.07, 6.45) is 1.73. The lowest BCUT2D eigenvalue weighted by Crippen LogP contribution is -2.54. The Bertz CT molecular complexity index is 2820. The number of aliphatic hydroxyl groups excluding tert-OH is 1. The van der Waals surface area contributed by atoms with Gasteiger partial charge in [-0.1, -0.05) is 90.5 Å². The number of ether oxygens (including phenoxy) is 3. The Morgan fingerprint density at radius 3 is 2.32 bits per heavy atom. The highest BCUT2D eigenvalue weighted by Gasteiger charge is 2.42. The number of H-pyrrole nitrogens is 1. The second-order valence-corrected chi connectivity index (χ2v) is 18.1. The van der Waals surface area contributed by atoms with Crippen molar-refractivity contribution in [2.45, 2.75) is 62.6 Å². The SMILES string of the molecule is COc1cc(C(=O)NC2CC(NC(=O)COc3cccc([C@](O)(C(=O)OCC4CCN(Cc5ccccc5)CC4)c4ccccc4)c3)C2)c(Cl)cc1CNC[C@H](O)c1ccc(O)c2[nH]c(=O)ccc12. The number of aromatic amines is 1. The fourth-order valence-electron chi connectivity index (χ4n) is 8.98. The summed E-state index contributed by atoms with van der Waals surface area (Å²) in [5.74, 6) is -0.806. The second kappa shape index (κ2) is 22.1. The van der Waals surface area contributed by atoms with Gasteiger partial charge in [0.1, 0.15) is 17.2 Å². The standard InChI is InChI=1S/C53H56ClN5O10/c1-67-47-27-43(44(54)23-35(47)28-55-29-46(61)41-15-17-45(60)50-42(41)16-18-48(62)58-50)51(64)57-39-25-38(26-39)56-49(63)32-68-40-14-8-13-37(24-40)53(66,36-11-6-3-7-12-36)52(65)69-31-34-19-21-59(22-20-34)30-33-9-4-2-5-10-33/h2-18,23-24,27,34,38-39,46,55,60-61,66H,19-22,25-26,28-32H2,1H3,(H,56,63)(H,57,64)(H,58,62)/t38?,39?,46-,53-/m0/s1. The highest BCUT2D eigenvalue weighted by molar-refractivity contribution is 6.34. The van der Waals surface area contributed by atoms with E-state index in [9.17, 15) is 34.5 Å². The number of hydrogen-bond donors (Lipinski definition) is 7. The summed E-state index contributed by atoms with van der Waals surface area (Å²) in [7, 11) is 1.48. The molecule has 0 unspecified atom stereocenters. The number of hydrogen-bond acceptors (Lipinski definition) is 12. The molecule has 2 fully saturated rings. The van der Waals surface area contributed by atoms with E-state index in [1.54, 1.807) is 78.9 Å². The van der Waals surface area contributed by atoms with E-state index < -0.39 is 23.6 Å². The van der Waals surface area contributed by atoms with Gasteiger partial charge in [0, 0.05) is 54.3 Å². The number of fused-ring (bicyclic) bond motifs is 1. The largest absolute Gasteiger partial charge is 0.506 e. The smallest absolute Gasteiger partial charge is 0.347 e. The van der Waals surface area contributed by atoms with E-state index in [0.29, 0.717) is 40.7 Å². The molecule has 0 radical (unpaired) electrons. The third-order valence-corrected chi connectivity index (χ3v) is 13.2. The number of carbonyl (C=O) groups is 3. The van der Waals surface area contributed by atoms with Crippen LogP contribution in [-0.4, -0.2) is 95.0 Å². The molecule has 1 aliphatic carbocycles. The number of pyridine rings is 1. The molecule has 15 nitrogen and oxygen atoms in total. The normalized spacial score (nSPS) is 17.5. The molecule has 69 heavy (non-hydrogen) atoms. The van der Waals surface area contributed by atoms with E-state index >= 15 is 0 Å². The van der Waals surface area contributed by atoms with Gasteiger partial charge in [0.2, 0.25) is 11.2 Å². The minimum absolute atomic E-state index is 0.102. The number of carbonyl (C=O) groups excluding carboxylic acids is 3. The van der Waals surface area contributed by atoms with Crippen LogP contribution in [0.2, 0.25) is 5.02 Å². The second-order valence-electron chi connectivity index (χ2n) is 17.7. The van der Waals surface area contributed by atoms with Crippen molar-refractivity contribution >= 4 is 40.3 Å². The summed E-state index contributed by atoms with van der Waals surface area (Å²) in [5.41, 5.74) is 0.973. The molecule has 2 atom stereocenters. The quantitative estimate of drug-likeness (QED) is 0.0476. The first-order valence-electron chi connectivity index (χ1n) is 23.0. The monoisotopic (exact) mass is 957 g/mol. The van der Waals surface area contributed by atoms with Gasteiger partial charge >= 0.3 is 5.97 Å². The maximum Gasteiger partial charge on any atom is 0.347 e. The number of halogens is 1. The Balaban J connectivity index is 0.793. The van der Waals surface area contributed by atoms with Gasteiger partial charge in [-0.2, -0.15) is 0 Å². The summed E-state index contributed by atoms with van der Waals surface area (Å²) in [4.78, 5) is 57.0. The molecule has 360 valence electrons. The fourth-order valence-corrected chi connectivity index (χ4v) is 9.25. The number of rotatable bonds is 19. The topological polar surface area (TPSA) is 212 Å². The summed E-state index contributed by atoms with van der Waals surface area (Å²) in [6, 6.07) is 34.1. The van der Waals surface area contributed by atoms with Crippen LogP contribution in [0.25, 0.3) is 10.9 Å². The average Bonchev–Trinajstić information content (AvgIpc) is 3.35. The zero-order valence-corrected chi connectivity index (χ0v) is 38.9. The lowest BCUT2D eigenvalue weighted by molar-refractivity contribution is -0.164. The Hall–Kier alpha value is -6.75. The number of phenolic OH excluding ortho intramolecular Hbond substituents is 1. The lowest BCUT2D eigenvalue weighted by atomic mass is 9.86. The molecule has 16 heteroatoms. The number of methoxy groups -OCH3 is 1. The highest BCUT2D eigenvalue weighted by atomic mass is 35.5. The number of piperidine rings is 1. The number of phenols is 1. The van der Waals surface area contributed by atoms with E-state index in [1.807, 2.05) is 18.2 Å². The van der Waals surface area contributed by atoms with E-state index in [2.05, 4.69) is 38.0 Å². The van der Waals surface area contributed by atoms with Crippen LogP contribution in [0, 0.1) is 5.92 Å². The van der Waals surface area contributed by atoms with Gasteiger partial charge in [-0.15, -0.1) is 0 Å². The zero-order chi connectivity index (χ0) is 48.5. The van der Waals surface area contributed by atoms with Crippen molar-refractivity contribution in [3.8, 4) is 17.2 Å². The van der Waals surface area contributed by atoms with E-state index in [-0.39, 0.29) is 88.9 Å². The third-order valence-electron chi connectivity index (χ3n) is 12.9. The number of likely N-dealkylation sites (tertiary alicyclic amines) is 1. The van der Waals surface area contributed by atoms with Crippen molar-refractivity contribution in [1.82, 2.24) is 25.8 Å². The van der Waals surface area contributed by atoms with Crippen LogP contribution in [0.5, 0.6) is 17.2 Å². The molecule has 2 amide bonds. The van der Waals surface area contributed by atoms with Crippen molar-refractivity contribution < 1.29 is 43.9 Å². The van der Waals surface area contributed by atoms with Gasteiger partial charge in [-0.05, 0) is 97.8 Å². The Kier molecular flexibility index (Phi) is 15.6. The van der Waals surface area contributed by atoms with E-state index in [0.717, 1.165) is 32.5 Å². The molecule has 6 aromatic rings. The summed E-state index contributed by atoms with van der Waals surface area (Å²) < 4.78 is 17.3. The zero-order valence-electron chi connectivity index (χ0n) is 38.2. The molecule has 0 spiro atoms. The van der Waals surface area contributed by atoms with E-state index in [1.165, 1.54) is 24.8 Å². The van der Waals surface area contributed by atoms with Crippen molar-refractivity contribution in [3.63, 3.8) is 0 Å². The van der Waals surface area contributed by atoms with Gasteiger partial charge in [-0.25, -0.2) is 4.79 Å². The van der Waals surface area contributed by atoms with E-state index in [4.69, 9.17) is 25.8 Å². The first-order chi connectivity index (χ1) is 33.4. The van der Waals surface area contributed by atoms with Gasteiger partial charge in [0.15, 0.2) is 6.61 Å². The van der Waals surface area contributed by atoms with Crippen molar-refractivity contribution in [3.05, 3.63) is 170 Å². The summed E-state index contributed by atoms with van der Waals surface area (Å²) >= 11 is 6.60. The van der Waals surface area contributed by atoms with Crippen LogP contribution in [0.4, 0.5) is 0 Å². The van der Waals surface area contributed by atoms with Crippen molar-refractivity contribution in [1.29, 1.82) is 0 Å². The third kappa shape index (κ3) is 11.8. The maximum atomic E-state index is 13.9. The summed E-state index contributed by atoms with van der Waals surface area (Å²) in [5, 5.41) is 43.1. The van der Waals surface area contributed by atoms with Gasteiger partial charge in [0.25, 0.3) is 11.8 Å². The Labute approximate surface area is 404 Å². The molecule has 2 heterocycles. The molecule has 5 aromatic carbocycles. The van der Waals surface area contributed by atoms with Crippen LogP contribution >= 0.6 is 11.6 Å². The van der Waals surface area contributed by atoms with Crippen LogP contribution in [0.1, 0.15) is 70.0 Å². The van der Waals surface area contributed by atoms with Gasteiger partial charge in [-0.3, -0.25) is 19.3 Å². The highest BCUT2D eigenvalue weighted by Crippen LogP contribution is 2.35. The summed E-state index contributed by atoms with van der Waals surface area (Å²) in [6.45, 7) is 2.88. The number of aromatic hydroxyl groups is 1. The van der Waals surface area contributed by atoms with Crippen LogP contribution in [-0.2, 0) is 33.0 Å². The minimum Gasteiger partial charge on any atom is -0.506 e. The number of aliphatic hydroxyl groups is 2. The van der Waals surface area contributed by atoms with Crippen molar-refractivity contribution in [2.75, 3.05) is 40.0 Å². The predicted molar refractivity (Wildman–Crippen MR) is 260 cm³/mol. The lowest BCUT2D eigenvalue weighted by Gasteiger charge is -2.36. The number of aromatic nitrogens is 1. The number of nitrogens with zero attached hydrogens (tertiary/aromatic N) is 1. The molecule has 1 aliphatic heterocycles. The fraction of sp³-hybridized carbons (Fsp3) is 0.321. The molecule has 2 aliphatic rings. The average molecular weight is 959 g/mol. The minimum atomic E-state index is -2.13. The molecule has 1 aromatic heterocycles. The van der Waals surface area contributed by atoms with Crippen LogP contribution < -0.4 is 31.0 Å². The van der Waals surface area contributed by atoms with Crippen molar-refractivity contribution in [2.24, 2.45) is 5.92 Å². The first-order valence-corrected chi connectivity index (χ1v) is 23.4. The number of nitrogens with one attached hydrogen (secondary N) is 4.